The molecule has 0 spiro atoms. The van der Waals surface area contributed by atoms with Gasteiger partial charge in [0.1, 0.15) is 0 Å². The van der Waals surface area contributed by atoms with Crippen LogP contribution < -0.4 is 26.2 Å². The number of aromatic nitrogens is 2. The van der Waals surface area contributed by atoms with E-state index in [2.05, 4.69) is 413 Å². The lowest BCUT2D eigenvalue weighted by Crippen LogP contribution is -2.61. The van der Waals surface area contributed by atoms with Crippen LogP contribution in [-0.4, -0.2) is 15.8 Å². The highest BCUT2D eigenvalue weighted by Gasteiger charge is 2.46. The minimum Gasteiger partial charge on any atom is -0.311 e. The second kappa shape index (κ2) is 25.4. The minimum atomic E-state index is -0.212. The molecule has 2 aromatic heterocycles. The van der Waals surface area contributed by atoms with Gasteiger partial charge in [-0.25, -0.2) is 0 Å². The zero-order valence-electron chi connectivity index (χ0n) is 68.0. The van der Waals surface area contributed by atoms with Gasteiger partial charge in [0.25, 0.3) is 6.71 Å². The first-order valence-electron chi connectivity index (χ1n) is 41.1. The Labute approximate surface area is 668 Å². The fourth-order valence-corrected chi connectivity index (χ4v) is 19.9. The van der Waals surface area contributed by atoms with Gasteiger partial charge in [0, 0.05) is 61.4 Å². The average Bonchev–Trinajstić information content (AvgIpc) is 1.51. The topological polar surface area (TPSA) is 16.3 Å². The van der Waals surface area contributed by atoms with Crippen LogP contribution in [0.4, 0.5) is 34.1 Å². The summed E-state index contributed by atoms with van der Waals surface area (Å²) < 4.78 is 5.09. The maximum atomic E-state index is 2.65. The van der Waals surface area contributed by atoms with Crippen molar-refractivity contribution in [3.63, 3.8) is 0 Å². The van der Waals surface area contributed by atoms with Crippen LogP contribution in [-0.2, 0) is 32.5 Å². The molecule has 20 rings (SSSR count). The number of para-hydroxylation sites is 2. The Kier molecular flexibility index (Phi) is 15.9. The van der Waals surface area contributed by atoms with E-state index < -0.39 is 0 Å². The number of hydrogen-bond acceptors (Lipinski definition) is 2. The molecule has 0 unspecified atom stereocenters. The Morgan fingerprint density at radius 2 is 0.611 bits per heavy atom. The molecule has 14 aromatic carbocycles. The van der Waals surface area contributed by atoms with Crippen molar-refractivity contribution >= 4 is 101 Å². The Morgan fingerprint density at radius 1 is 0.248 bits per heavy atom. The predicted octanol–water partition coefficient (Wildman–Crippen LogP) is 27.6. The Morgan fingerprint density at radius 3 is 1.09 bits per heavy atom. The summed E-state index contributed by atoms with van der Waals surface area (Å²) in [5, 5.41) is 4.89. The van der Waals surface area contributed by atoms with E-state index in [1.807, 2.05) is 0 Å². The lowest BCUT2D eigenvalue weighted by Gasteiger charge is -2.45. The monoisotopic (exact) mass is 1460 g/mol. The summed E-state index contributed by atoms with van der Waals surface area (Å²) in [5.74, 6) is 0. The molecule has 0 atom stereocenters. The van der Waals surface area contributed by atoms with Crippen molar-refractivity contribution in [3.05, 3.63) is 331 Å². The van der Waals surface area contributed by atoms with Crippen molar-refractivity contribution in [2.75, 3.05) is 9.80 Å². The molecule has 4 heterocycles. The smallest absolute Gasteiger partial charge is 0.252 e. The highest BCUT2D eigenvalue weighted by atomic mass is 15.2. The van der Waals surface area contributed by atoms with Crippen molar-refractivity contribution < 1.29 is 0 Å². The molecule has 0 saturated heterocycles. The first-order valence-corrected chi connectivity index (χ1v) is 41.1. The number of hydrogen-bond donors (Lipinski definition) is 0. The van der Waals surface area contributed by atoms with E-state index in [0.29, 0.717) is 0 Å². The number of anilines is 6. The van der Waals surface area contributed by atoms with Gasteiger partial charge in [-0.15, -0.1) is 0 Å². The fraction of sp³-hybridized carbons (Fsp3) is 0.222. The van der Waals surface area contributed by atoms with E-state index >= 15 is 0 Å². The van der Waals surface area contributed by atoms with E-state index in [0.717, 1.165) is 69.4 Å². The van der Waals surface area contributed by atoms with Crippen LogP contribution in [0.3, 0.4) is 0 Å². The van der Waals surface area contributed by atoms with Crippen molar-refractivity contribution in [2.45, 2.75) is 155 Å². The molecule has 4 nitrogen and oxygen atoms in total. The molecule has 0 bridgehead atoms. The van der Waals surface area contributed by atoms with Gasteiger partial charge >= 0.3 is 0 Å². The fourth-order valence-electron chi connectivity index (χ4n) is 19.9. The summed E-state index contributed by atoms with van der Waals surface area (Å²) in [6.45, 7) is 33.4. The summed E-state index contributed by atoms with van der Waals surface area (Å²) in [7, 11) is 0. The molecule has 0 radical (unpaired) electrons. The summed E-state index contributed by atoms with van der Waals surface area (Å²) in [4.78, 5) is 5.29. The van der Waals surface area contributed by atoms with Gasteiger partial charge in [-0.2, -0.15) is 0 Å². The van der Waals surface area contributed by atoms with Crippen LogP contribution in [0.5, 0.6) is 0 Å². The second-order valence-electron chi connectivity index (χ2n) is 37.9. The highest BCUT2D eigenvalue weighted by Crippen LogP contribution is 2.53. The van der Waals surface area contributed by atoms with Crippen molar-refractivity contribution in [1.29, 1.82) is 0 Å². The van der Waals surface area contributed by atoms with Crippen LogP contribution in [0.2, 0.25) is 0 Å². The quantitative estimate of drug-likeness (QED) is 0.134. The van der Waals surface area contributed by atoms with Crippen LogP contribution in [0.25, 0.3) is 111 Å². The van der Waals surface area contributed by atoms with E-state index in [1.54, 1.807) is 0 Å². The third-order valence-electron chi connectivity index (χ3n) is 26.7. The number of rotatable bonds is 9. The van der Waals surface area contributed by atoms with Crippen molar-refractivity contribution in [1.82, 2.24) is 9.13 Å². The zero-order chi connectivity index (χ0) is 77.6. The Bertz CT molecular complexity index is 6380. The van der Waals surface area contributed by atoms with Crippen LogP contribution in [0.1, 0.15) is 156 Å². The van der Waals surface area contributed by atoms with Gasteiger partial charge in [-0.05, 0) is 255 Å². The summed E-state index contributed by atoms with van der Waals surface area (Å²) in [5.41, 5.74) is 38.3. The molecule has 0 N–H and O–H groups in total. The maximum Gasteiger partial charge on any atom is 0.252 e. The number of benzene rings is 14. The lowest BCUT2D eigenvalue weighted by molar-refractivity contribution is 0.332. The third kappa shape index (κ3) is 11.5. The van der Waals surface area contributed by atoms with E-state index in [1.165, 1.54) is 151 Å². The summed E-state index contributed by atoms with van der Waals surface area (Å²) in [6.07, 6.45) is 4.68. The van der Waals surface area contributed by atoms with Gasteiger partial charge in [0.05, 0.1) is 27.8 Å². The van der Waals surface area contributed by atoms with Crippen LogP contribution in [0.15, 0.2) is 297 Å². The molecular weight excluding hydrogens is 1360 g/mol. The predicted molar refractivity (Wildman–Crippen MR) is 484 cm³/mol. The van der Waals surface area contributed by atoms with Gasteiger partial charge in [0.15, 0.2) is 0 Å². The van der Waals surface area contributed by atoms with Crippen molar-refractivity contribution in [2.24, 2.45) is 0 Å². The Hall–Kier alpha value is -11.7. The molecule has 0 amide bonds. The molecule has 113 heavy (non-hydrogen) atoms. The molecule has 2 aliphatic heterocycles. The molecule has 2 aliphatic carbocycles. The largest absolute Gasteiger partial charge is 0.311 e. The highest BCUT2D eigenvalue weighted by molar-refractivity contribution is 7.00. The van der Waals surface area contributed by atoms with Crippen molar-refractivity contribution in [3.8, 4) is 67.0 Å². The first kappa shape index (κ1) is 70.5. The van der Waals surface area contributed by atoms with Crippen LogP contribution >= 0.6 is 0 Å². The molecule has 554 valence electrons. The maximum absolute atomic E-state index is 2.65. The normalized spacial score (nSPS) is 15.8. The SMILES string of the molecule is CC(C)(C)c1cc(-c2ccc3c(c2)B2c4ccc(-n5c6ccccc6c6ccccc65)cc4N(c4ccc(-c5ccc6c(c5)C(C)(C)CCC6(C)C)cc4)c4cc(-n5c6ccc(-c7ccccc7)cc6c6cc(-c7ccccc7)ccc65)cc(c42)N3c2ccc(-c3ccc4c(c3)C(C)(C)CCC4(C)C)cc2)cc(C(C)(C)C)c1. The number of fused-ring (bicyclic) bond motifs is 12. The van der Waals surface area contributed by atoms with Gasteiger partial charge < -0.3 is 18.9 Å². The molecule has 0 fully saturated rings. The molecule has 16 aromatic rings. The van der Waals surface area contributed by atoms with E-state index in [9.17, 15) is 0 Å². The average molecular weight is 1460 g/mol. The molecule has 4 aliphatic rings. The third-order valence-corrected chi connectivity index (χ3v) is 26.7. The second-order valence-corrected chi connectivity index (χ2v) is 37.9. The molecule has 5 heteroatoms. The number of nitrogens with zero attached hydrogens (tertiary/aromatic N) is 4. The minimum absolute atomic E-state index is 0.0649. The first-order chi connectivity index (χ1) is 54.2. The van der Waals surface area contributed by atoms with Crippen LogP contribution in [0, 0.1) is 0 Å². The molecular formula is C108H99BN4. The standard InChI is InChI=1S/C108H99BN4/c1-103(2,3)78-57-77(58-79(64-78)104(4,5)6)76-41-52-98-93(63-76)109-92-49-46-82(112-94-31-23-21-29-84(94)85-30-22-24-32-95(85)112)65-99(92)111(81-44-35-71(36-45-81)75-38-48-89-91(62-75)108(13,14)56-54-106(89,9)10)101-67-83(66-100(102(101)109)110(98)80-42-33-70(34-43-80)74-37-47-88-90(61-74)107(11,12)55-53-105(88,7)8)113-96-50-39-72(68-25-17-15-18-26-68)59-86(96)87-60-73(40-51-97(87)113)69-27-19-16-20-28-69/h15-52,57-67H,53-56H2,1-14H3. The molecule has 0 saturated carbocycles. The van der Waals surface area contributed by atoms with Gasteiger partial charge in [0.2, 0.25) is 0 Å². The zero-order valence-corrected chi connectivity index (χ0v) is 68.0. The van der Waals surface area contributed by atoms with Gasteiger partial charge in [-0.1, -0.05) is 303 Å². The van der Waals surface area contributed by atoms with Gasteiger partial charge in [-0.3, -0.25) is 0 Å². The lowest BCUT2D eigenvalue weighted by atomic mass is 9.33. The van der Waals surface area contributed by atoms with E-state index in [4.69, 9.17) is 0 Å². The Balaban J connectivity index is 0.886. The van der Waals surface area contributed by atoms with E-state index in [-0.39, 0.29) is 39.2 Å². The summed E-state index contributed by atoms with van der Waals surface area (Å²) in [6, 6.07) is 115. The summed E-state index contributed by atoms with van der Waals surface area (Å²) >= 11 is 0.